The molecule has 26 heavy (non-hydrogen) atoms. The molecule has 1 aromatic heterocycles. The molecule has 2 aliphatic rings. The number of nitrogens with zero attached hydrogens (tertiary/aromatic N) is 2. The number of aryl methyl sites for hydroxylation is 1. The highest BCUT2D eigenvalue weighted by molar-refractivity contribution is 7.16. The number of nitrogens with one attached hydrogen (secondary N) is 1. The lowest BCUT2D eigenvalue weighted by Gasteiger charge is -2.35. The molecule has 1 fully saturated rings. The van der Waals surface area contributed by atoms with Crippen LogP contribution in [0, 0.1) is 11.3 Å². The van der Waals surface area contributed by atoms with E-state index in [1.165, 1.54) is 23.3 Å². The van der Waals surface area contributed by atoms with Crippen LogP contribution in [0.3, 0.4) is 0 Å². The summed E-state index contributed by atoms with van der Waals surface area (Å²) in [6.45, 7) is 6.50. The first-order valence-electron chi connectivity index (χ1n) is 9.85. The van der Waals surface area contributed by atoms with Gasteiger partial charge >= 0.3 is 0 Å². The lowest BCUT2D eigenvalue weighted by atomic mass is 10.1. The van der Waals surface area contributed by atoms with Gasteiger partial charge in [-0.3, -0.25) is 9.69 Å². The molecule has 1 saturated heterocycles. The predicted molar refractivity (Wildman–Crippen MR) is 105 cm³/mol. The third-order valence-electron chi connectivity index (χ3n) is 5.58. The van der Waals surface area contributed by atoms with Crippen molar-refractivity contribution in [2.45, 2.75) is 70.9 Å². The zero-order chi connectivity index (χ0) is 18.5. The van der Waals surface area contributed by atoms with Gasteiger partial charge in [-0.2, -0.15) is 5.26 Å². The quantitative estimate of drug-likeness (QED) is 0.797. The number of hydrogen-bond donors (Lipinski definition) is 1. The molecule has 1 unspecified atom stereocenters. The molecule has 1 aromatic rings. The minimum Gasteiger partial charge on any atom is -0.378 e. The Balaban J connectivity index is 1.64. The van der Waals surface area contributed by atoms with Crippen molar-refractivity contribution >= 4 is 22.2 Å². The van der Waals surface area contributed by atoms with E-state index in [4.69, 9.17) is 4.74 Å². The Morgan fingerprint density at radius 1 is 1.35 bits per heavy atom. The van der Waals surface area contributed by atoms with Gasteiger partial charge in [0.2, 0.25) is 5.91 Å². The molecule has 3 rings (SSSR count). The summed E-state index contributed by atoms with van der Waals surface area (Å²) in [5.41, 5.74) is 1.87. The van der Waals surface area contributed by atoms with Gasteiger partial charge in [0, 0.05) is 24.6 Å². The summed E-state index contributed by atoms with van der Waals surface area (Å²) in [4.78, 5) is 16.3. The molecule has 0 aromatic carbocycles. The maximum Gasteiger partial charge on any atom is 0.242 e. The third kappa shape index (κ3) is 4.28. The zero-order valence-corrected chi connectivity index (χ0v) is 16.7. The van der Waals surface area contributed by atoms with Crippen molar-refractivity contribution in [2.24, 2.45) is 0 Å². The fourth-order valence-corrected chi connectivity index (χ4v) is 5.24. The van der Waals surface area contributed by atoms with Crippen LogP contribution in [-0.4, -0.2) is 42.6 Å². The summed E-state index contributed by atoms with van der Waals surface area (Å²) in [6.07, 6.45) is 7.81. The van der Waals surface area contributed by atoms with E-state index < -0.39 is 0 Å². The number of nitriles is 1. The molecule has 6 heteroatoms. The molecule has 142 valence electrons. The molecule has 1 aliphatic heterocycles. The molecule has 1 N–H and O–H groups in total. The average Bonchev–Trinajstić information content (AvgIpc) is 2.81. The predicted octanol–water partition coefficient (Wildman–Crippen LogP) is 3.72. The van der Waals surface area contributed by atoms with Gasteiger partial charge in [0.1, 0.15) is 11.1 Å². The van der Waals surface area contributed by atoms with E-state index in [1.807, 2.05) is 13.8 Å². The second-order valence-corrected chi connectivity index (χ2v) is 8.34. The van der Waals surface area contributed by atoms with Crippen LogP contribution in [0.4, 0.5) is 5.00 Å². The number of thiophene rings is 1. The Morgan fingerprint density at radius 3 is 2.77 bits per heavy atom. The number of piperidine rings is 1. The standard InChI is InChI=1S/C20H29N3O2S/c1-3-25-15-9-11-23(12-10-15)14(2)19(24)22-20-17(13-21)16-7-5-4-6-8-18(16)26-20/h14-15H,3-12H2,1-2H3,(H,22,24). The maximum absolute atomic E-state index is 12.8. The van der Waals surface area contributed by atoms with E-state index in [2.05, 4.69) is 16.3 Å². The van der Waals surface area contributed by atoms with E-state index >= 15 is 0 Å². The molecular weight excluding hydrogens is 346 g/mol. The van der Waals surface area contributed by atoms with E-state index in [1.54, 1.807) is 11.3 Å². The van der Waals surface area contributed by atoms with Crippen molar-refractivity contribution in [1.29, 1.82) is 5.26 Å². The Labute approximate surface area is 160 Å². The molecule has 5 nitrogen and oxygen atoms in total. The molecule has 1 atom stereocenters. The summed E-state index contributed by atoms with van der Waals surface area (Å²) in [5.74, 6) is -0.00670. The normalized spacial score (nSPS) is 20.0. The highest BCUT2D eigenvalue weighted by atomic mass is 32.1. The summed E-state index contributed by atoms with van der Waals surface area (Å²) in [6, 6.07) is 2.15. The Kier molecular flexibility index (Phi) is 6.68. The average molecular weight is 376 g/mol. The monoisotopic (exact) mass is 375 g/mol. The van der Waals surface area contributed by atoms with E-state index in [-0.39, 0.29) is 11.9 Å². The number of fused-ring (bicyclic) bond motifs is 1. The fourth-order valence-electron chi connectivity index (χ4n) is 4.00. The first-order chi connectivity index (χ1) is 12.6. The SMILES string of the molecule is CCOC1CCN(C(C)C(=O)Nc2sc3c(c2C#N)CCCCC3)CC1. The van der Waals surface area contributed by atoms with Crippen molar-refractivity contribution in [3.05, 3.63) is 16.0 Å². The third-order valence-corrected chi connectivity index (χ3v) is 6.78. The molecular formula is C20H29N3O2S. The van der Waals surface area contributed by atoms with Crippen molar-refractivity contribution in [1.82, 2.24) is 4.90 Å². The largest absolute Gasteiger partial charge is 0.378 e. The van der Waals surface area contributed by atoms with Crippen LogP contribution in [0.25, 0.3) is 0 Å². The molecule has 1 amide bonds. The first-order valence-corrected chi connectivity index (χ1v) is 10.7. The summed E-state index contributed by atoms with van der Waals surface area (Å²) in [7, 11) is 0. The van der Waals surface area contributed by atoms with Gasteiger partial charge in [0.25, 0.3) is 0 Å². The highest BCUT2D eigenvalue weighted by Gasteiger charge is 2.28. The number of hydrogen-bond acceptors (Lipinski definition) is 5. The van der Waals surface area contributed by atoms with Crippen molar-refractivity contribution in [2.75, 3.05) is 25.0 Å². The summed E-state index contributed by atoms with van der Waals surface area (Å²) >= 11 is 1.61. The Bertz CT molecular complexity index is 671. The maximum atomic E-state index is 12.8. The number of carbonyl (C=O) groups is 1. The number of likely N-dealkylation sites (tertiary alicyclic amines) is 1. The summed E-state index contributed by atoms with van der Waals surface area (Å²) < 4.78 is 5.69. The van der Waals surface area contributed by atoms with E-state index in [9.17, 15) is 10.1 Å². The van der Waals surface area contributed by atoms with Crippen LogP contribution < -0.4 is 5.32 Å². The van der Waals surface area contributed by atoms with Gasteiger partial charge in [-0.25, -0.2) is 0 Å². The van der Waals surface area contributed by atoms with Crippen LogP contribution in [0.2, 0.25) is 0 Å². The first kappa shape index (κ1) is 19.3. The second kappa shape index (κ2) is 8.98. The van der Waals surface area contributed by atoms with Crippen molar-refractivity contribution in [3.63, 3.8) is 0 Å². The van der Waals surface area contributed by atoms with Crippen molar-refractivity contribution in [3.8, 4) is 6.07 Å². The van der Waals surface area contributed by atoms with Gasteiger partial charge in [-0.15, -0.1) is 11.3 Å². The van der Waals surface area contributed by atoms with Crippen LogP contribution in [0.1, 0.15) is 62.0 Å². The Hall–Kier alpha value is -1.42. The molecule has 2 heterocycles. The van der Waals surface area contributed by atoms with E-state index in [0.717, 1.165) is 56.8 Å². The fraction of sp³-hybridized carbons (Fsp3) is 0.700. The van der Waals surface area contributed by atoms with Gasteiger partial charge in [0.05, 0.1) is 17.7 Å². The lowest BCUT2D eigenvalue weighted by Crippen LogP contribution is -2.47. The molecule has 0 bridgehead atoms. The number of anilines is 1. The smallest absolute Gasteiger partial charge is 0.242 e. The summed E-state index contributed by atoms with van der Waals surface area (Å²) in [5, 5.41) is 13.4. The van der Waals surface area contributed by atoms with Gasteiger partial charge in [-0.1, -0.05) is 6.42 Å². The highest BCUT2D eigenvalue weighted by Crippen LogP contribution is 2.37. The van der Waals surface area contributed by atoms with Crippen LogP contribution in [0.15, 0.2) is 0 Å². The topological polar surface area (TPSA) is 65.4 Å². The minimum absolute atomic E-state index is 0.00670. The van der Waals surface area contributed by atoms with Crippen molar-refractivity contribution < 1.29 is 9.53 Å². The number of rotatable bonds is 5. The van der Waals surface area contributed by atoms with Gasteiger partial charge in [0.15, 0.2) is 0 Å². The van der Waals surface area contributed by atoms with Gasteiger partial charge in [-0.05, 0) is 57.9 Å². The molecule has 0 saturated carbocycles. The second-order valence-electron chi connectivity index (χ2n) is 7.24. The van der Waals surface area contributed by atoms with Crippen LogP contribution in [0.5, 0.6) is 0 Å². The minimum atomic E-state index is -0.189. The number of carbonyl (C=O) groups excluding carboxylic acids is 1. The molecule has 1 aliphatic carbocycles. The molecule has 0 radical (unpaired) electrons. The van der Waals surface area contributed by atoms with Crippen LogP contribution >= 0.6 is 11.3 Å². The van der Waals surface area contributed by atoms with Crippen LogP contribution in [-0.2, 0) is 22.4 Å². The number of ether oxygens (including phenoxy) is 1. The van der Waals surface area contributed by atoms with Gasteiger partial charge < -0.3 is 10.1 Å². The Morgan fingerprint density at radius 2 is 2.08 bits per heavy atom. The van der Waals surface area contributed by atoms with E-state index in [0.29, 0.717) is 11.7 Å². The molecule has 0 spiro atoms. The zero-order valence-electron chi connectivity index (χ0n) is 15.8. The lowest BCUT2D eigenvalue weighted by molar-refractivity contribution is -0.121. The number of amides is 1.